The predicted octanol–water partition coefficient (Wildman–Crippen LogP) is 7.17. The minimum absolute atomic E-state index is 0.338. The molecule has 0 aliphatic carbocycles. The molecule has 0 N–H and O–H groups in total. The van der Waals surface area contributed by atoms with Crippen LogP contribution in [-0.2, 0) is 6.42 Å². The van der Waals surface area contributed by atoms with Crippen molar-refractivity contribution in [2.45, 2.75) is 18.9 Å². The highest BCUT2D eigenvalue weighted by molar-refractivity contribution is 5.91. The molecule has 4 aromatic carbocycles. The highest BCUT2D eigenvalue weighted by Gasteiger charge is 2.14. The maximum absolute atomic E-state index is 6.31. The zero-order valence-electron chi connectivity index (χ0n) is 18.9. The van der Waals surface area contributed by atoms with Crippen LogP contribution in [-0.4, -0.2) is 25.6 Å². The van der Waals surface area contributed by atoms with Gasteiger partial charge in [0.15, 0.2) is 0 Å². The van der Waals surface area contributed by atoms with Crippen LogP contribution in [0.2, 0.25) is 0 Å². The van der Waals surface area contributed by atoms with Crippen molar-refractivity contribution in [3.05, 3.63) is 120 Å². The zero-order valence-corrected chi connectivity index (χ0v) is 18.9. The summed E-state index contributed by atoms with van der Waals surface area (Å²) >= 11 is 0. The van der Waals surface area contributed by atoms with Crippen LogP contribution in [0.1, 0.15) is 29.2 Å². The van der Waals surface area contributed by atoms with Gasteiger partial charge in [-0.25, -0.2) is 0 Å². The first-order chi connectivity index (χ1) is 15.7. The Balaban J connectivity index is 1.47. The average molecular weight is 422 g/mol. The molecule has 0 heterocycles. The molecule has 162 valence electrons. The van der Waals surface area contributed by atoms with Crippen molar-refractivity contribution in [3.8, 4) is 5.75 Å². The van der Waals surface area contributed by atoms with Crippen LogP contribution in [0, 0.1) is 0 Å². The molecule has 4 rings (SSSR count). The minimum Gasteiger partial charge on any atom is -0.493 e. The Morgan fingerprint density at radius 3 is 2.12 bits per heavy atom. The van der Waals surface area contributed by atoms with Gasteiger partial charge in [-0.15, -0.1) is 0 Å². The van der Waals surface area contributed by atoms with Crippen molar-refractivity contribution in [1.29, 1.82) is 0 Å². The number of ether oxygens (including phenoxy) is 1. The molecule has 0 saturated carbocycles. The number of allylic oxidation sites excluding steroid dienone is 1. The quantitative estimate of drug-likeness (QED) is 0.284. The third kappa shape index (κ3) is 5.46. The summed E-state index contributed by atoms with van der Waals surface area (Å²) in [4.78, 5) is 2.26. The van der Waals surface area contributed by atoms with Crippen molar-refractivity contribution in [1.82, 2.24) is 4.90 Å². The van der Waals surface area contributed by atoms with Crippen molar-refractivity contribution in [2.75, 3.05) is 20.7 Å². The van der Waals surface area contributed by atoms with E-state index in [0.29, 0.717) is 12.6 Å². The van der Waals surface area contributed by atoms with Gasteiger partial charge in [0.1, 0.15) is 5.75 Å². The Kier molecular flexibility index (Phi) is 7.37. The van der Waals surface area contributed by atoms with E-state index in [1.807, 2.05) is 6.07 Å². The summed E-state index contributed by atoms with van der Waals surface area (Å²) in [6.45, 7) is 0.676. The third-order valence-corrected chi connectivity index (χ3v) is 5.88. The largest absolute Gasteiger partial charge is 0.493 e. The smallest absolute Gasteiger partial charge is 0.127 e. The van der Waals surface area contributed by atoms with Crippen molar-refractivity contribution >= 4 is 16.8 Å². The molecule has 0 spiro atoms. The van der Waals surface area contributed by atoms with Gasteiger partial charge in [-0.2, -0.15) is 0 Å². The number of hydrogen-bond donors (Lipinski definition) is 0. The molecule has 0 bridgehead atoms. The summed E-state index contributed by atoms with van der Waals surface area (Å²) < 4.78 is 6.31. The van der Waals surface area contributed by atoms with Crippen LogP contribution >= 0.6 is 0 Å². The van der Waals surface area contributed by atoms with Gasteiger partial charge in [0.2, 0.25) is 0 Å². The molecule has 0 aliphatic rings. The second-order valence-electron chi connectivity index (χ2n) is 8.31. The van der Waals surface area contributed by atoms with Crippen molar-refractivity contribution in [3.63, 3.8) is 0 Å². The van der Waals surface area contributed by atoms with E-state index in [1.54, 1.807) is 0 Å². The first kappa shape index (κ1) is 21.9. The maximum Gasteiger partial charge on any atom is 0.127 e. The fraction of sp³-hybridized carbons (Fsp3) is 0.200. The van der Waals surface area contributed by atoms with E-state index >= 15 is 0 Å². The SMILES string of the molecule is CN(C)[C@@H](CCOc1ccc(C/C=C/c2ccccc2)c2ccccc12)c1ccccc1. The molecule has 2 heteroatoms. The van der Waals surface area contributed by atoms with Gasteiger partial charge in [-0.05, 0) is 48.7 Å². The monoisotopic (exact) mass is 421 g/mol. The molecule has 2 nitrogen and oxygen atoms in total. The molecule has 4 aromatic rings. The first-order valence-electron chi connectivity index (χ1n) is 11.3. The molecule has 0 unspecified atom stereocenters. The van der Waals surface area contributed by atoms with Gasteiger partial charge < -0.3 is 9.64 Å². The Morgan fingerprint density at radius 1 is 0.750 bits per heavy atom. The van der Waals surface area contributed by atoms with E-state index in [4.69, 9.17) is 4.74 Å². The van der Waals surface area contributed by atoms with Crippen LogP contribution in [0.25, 0.3) is 16.8 Å². The summed E-state index contributed by atoms with van der Waals surface area (Å²) in [5, 5.41) is 2.44. The lowest BCUT2D eigenvalue weighted by Gasteiger charge is -2.25. The Bertz CT molecular complexity index is 1150. The minimum atomic E-state index is 0.338. The fourth-order valence-electron chi connectivity index (χ4n) is 4.20. The van der Waals surface area contributed by atoms with Gasteiger partial charge in [0.05, 0.1) is 6.61 Å². The number of benzene rings is 4. The fourth-order valence-corrected chi connectivity index (χ4v) is 4.20. The van der Waals surface area contributed by atoms with Crippen molar-refractivity contribution < 1.29 is 4.74 Å². The summed E-state index contributed by atoms with van der Waals surface area (Å²) in [6, 6.07) is 34.3. The van der Waals surface area contributed by atoms with Crippen LogP contribution in [0.3, 0.4) is 0 Å². The lowest BCUT2D eigenvalue weighted by Crippen LogP contribution is -2.22. The molecule has 0 aliphatic heterocycles. The average Bonchev–Trinajstić information content (AvgIpc) is 2.83. The maximum atomic E-state index is 6.31. The second kappa shape index (κ2) is 10.8. The molecule has 0 saturated heterocycles. The normalized spacial score (nSPS) is 12.5. The zero-order chi connectivity index (χ0) is 22.2. The van der Waals surface area contributed by atoms with Crippen molar-refractivity contribution in [2.24, 2.45) is 0 Å². The number of hydrogen-bond acceptors (Lipinski definition) is 2. The number of nitrogens with zero attached hydrogens (tertiary/aromatic N) is 1. The van der Waals surface area contributed by atoms with Gasteiger partial charge in [-0.3, -0.25) is 0 Å². The van der Waals surface area contributed by atoms with Crippen LogP contribution in [0.4, 0.5) is 0 Å². The Labute approximate surface area is 191 Å². The molecule has 1 atom stereocenters. The van der Waals surface area contributed by atoms with E-state index in [9.17, 15) is 0 Å². The predicted molar refractivity (Wildman–Crippen MR) is 136 cm³/mol. The molecule has 32 heavy (non-hydrogen) atoms. The van der Waals surface area contributed by atoms with Gasteiger partial charge in [0.25, 0.3) is 0 Å². The van der Waals surface area contributed by atoms with E-state index in [1.165, 1.54) is 27.5 Å². The molecule has 0 amide bonds. The molecular formula is C30H31NO. The molecule has 0 radical (unpaired) electrons. The Hall–Kier alpha value is -3.36. The standard InChI is InChI=1S/C30H31NO/c1-31(2)29(26-15-7-4-8-16-26)22-23-32-30-21-20-25(27-18-9-10-19-28(27)30)17-11-14-24-12-5-3-6-13-24/h3-16,18-21,29H,17,22-23H2,1-2H3/b14-11+/t29-/m0/s1. The van der Waals surface area contributed by atoms with E-state index in [0.717, 1.165) is 18.6 Å². The van der Waals surface area contributed by atoms with E-state index < -0.39 is 0 Å². The molecular weight excluding hydrogens is 390 g/mol. The Morgan fingerprint density at radius 2 is 1.41 bits per heavy atom. The highest BCUT2D eigenvalue weighted by Crippen LogP contribution is 2.30. The molecule has 0 fully saturated rings. The lowest BCUT2D eigenvalue weighted by molar-refractivity contribution is 0.225. The van der Waals surface area contributed by atoms with Gasteiger partial charge in [0, 0.05) is 17.8 Å². The summed E-state index contributed by atoms with van der Waals surface area (Å²) in [5.41, 5.74) is 3.87. The lowest BCUT2D eigenvalue weighted by atomic mass is 10.0. The number of fused-ring (bicyclic) bond motifs is 1. The van der Waals surface area contributed by atoms with E-state index in [-0.39, 0.29) is 0 Å². The van der Waals surface area contributed by atoms with Crippen LogP contribution in [0.5, 0.6) is 5.75 Å². The summed E-state index contributed by atoms with van der Waals surface area (Å²) in [6.07, 6.45) is 6.25. The summed E-state index contributed by atoms with van der Waals surface area (Å²) in [7, 11) is 4.26. The third-order valence-electron chi connectivity index (χ3n) is 5.88. The second-order valence-corrected chi connectivity index (χ2v) is 8.31. The molecule has 0 aromatic heterocycles. The van der Waals surface area contributed by atoms with Gasteiger partial charge in [-0.1, -0.05) is 103 Å². The van der Waals surface area contributed by atoms with Gasteiger partial charge >= 0.3 is 0 Å². The van der Waals surface area contributed by atoms with E-state index in [2.05, 4.69) is 122 Å². The number of rotatable bonds is 9. The summed E-state index contributed by atoms with van der Waals surface area (Å²) in [5.74, 6) is 0.960. The first-order valence-corrected chi connectivity index (χ1v) is 11.3. The topological polar surface area (TPSA) is 12.5 Å². The van der Waals surface area contributed by atoms with Crippen LogP contribution < -0.4 is 4.74 Å². The highest BCUT2D eigenvalue weighted by atomic mass is 16.5. The van der Waals surface area contributed by atoms with Crippen LogP contribution in [0.15, 0.2) is 103 Å².